The van der Waals surface area contributed by atoms with Crippen molar-refractivity contribution in [1.29, 1.82) is 0 Å². The van der Waals surface area contributed by atoms with Gasteiger partial charge in [-0.05, 0) is 45.4 Å². The quantitative estimate of drug-likeness (QED) is 0.857. The van der Waals surface area contributed by atoms with Gasteiger partial charge in [-0.3, -0.25) is 4.79 Å². The molecule has 2 fully saturated rings. The maximum Gasteiger partial charge on any atom is 0.225 e. The Morgan fingerprint density at radius 3 is 2.55 bits per heavy atom. The second-order valence-electron chi connectivity index (χ2n) is 7.43. The van der Waals surface area contributed by atoms with Crippen LogP contribution < -0.4 is 5.32 Å². The second kappa shape index (κ2) is 6.93. The van der Waals surface area contributed by atoms with Crippen molar-refractivity contribution in [3.05, 3.63) is 0 Å². The maximum absolute atomic E-state index is 12.7. The summed E-state index contributed by atoms with van der Waals surface area (Å²) in [6.07, 6.45) is 8.81. The van der Waals surface area contributed by atoms with E-state index in [0.717, 1.165) is 38.4 Å². The lowest BCUT2D eigenvalue weighted by Gasteiger charge is -2.41. The molecule has 3 heteroatoms. The van der Waals surface area contributed by atoms with E-state index in [1.807, 2.05) is 0 Å². The largest absolute Gasteiger partial charge is 0.339 e. The molecule has 1 aliphatic heterocycles. The highest BCUT2D eigenvalue weighted by Crippen LogP contribution is 2.33. The average Bonchev–Trinajstić information content (AvgIpc) is 2.44. The average molecular weight is 280 g/mol. The van der Waals surface area contributed by atoms with Crippen molar-refractivity contribution in [3.63, 3.8) is 0 Å². The molecule has 0 aromatic carbocycles. The van der Waals surface area contributed by atoms with Crippen LogP contribution in [0.3, 0.4) is 0 Å². The van der Waals surface area contributed by atoms with E-state index in [-0.39, 0.29) is 5.54 Å². The molecule has 3 nitrogen and oxygen atoms in total. The highest BCUT2D eigenvalue weighted by molar-refractivity contribution is 5.79. The molecule has 1 amide bonds. The summed E-state index contributed by atoms with van der Waals surface area (Å²) < 4.78 is 0. The molecule has 1 N–H and O–H groups in total. The van der Waals surface area contributed by atoms with E-state index >= 15 is 0 Å². The van der Waals surface area contributed by atoms with Crippen LogP contribution in [-0.2, 0) is 4.79 Å². The molecule has 1 saturated heterocycles. The van der Waals surface area contributed by atoms with Gasteiger partial charge in [0.25, 0.3) is 0 Å². The summed E-state index contributed by atoms with van der Waals surface area (Å²) in [6, 6.07) is 0. The molecule has 1 saturated carbocycles. The molecular formula is C17H32N2O. The Labute approximate surface area is 124 Å². The Morgan fingerprint density at radius 2 is 1.95 bits per heavy atom. The third-order valence-electron chi connectivity index (χ3n) is 5.05. The number of carbonyl (C=O) groups is 1. The molecule has 0 spiro atoms. The molecule has 20 heavy (non-hydrogen) atoms. The van der Waals surface area contributed by atoms with Gasteiger partial charge in [0.2, 0.25) is 5.91 Å². The first-order valence-corrected chi connectivity index (χ1v) is 8.55. The van der Waals surface area contributed by atoms with Crippen molar-refractivity contribution in [2.75, 3.05) is 19.6 Å². The monoisotopic (exact) mass is 280 g/mol. The van der Waals surface area contributed by atoms with Crippen LogP contribution in [0.1, 0.15) is 65.7 Å². The smallest absolute Gasteiger partial charge is 0.225 e. The molecular weight excluding hydrogens is 248 g/mol. The number of rotatable bonds is 4. The van der Waals surface area contributed by atoms with Crippen LogP contribution in [0.5, 0.6) is 0 Å². The number of carbonyl (C=O) groups excluding carboxylic acids is 1. The van der Waals surface area contributed by atoms with Crippen molar-refractivity contribution < 1.29 is 4.79 Å². The minimum absolute atomic E-state index is 0.0756. The molecule has 0 aromatic heterocycles. The third kappa shape index (κ3) is 4.21. The van der Waals surface area contributed by atoms with Gasteiger partial charge >= 0.3 is 0 Å². The summed E-state index contributed by atoms with van der Waals surface area (Å²) in [5.74, 6) is 1.62. The number of hydrogen-bond acceptors (Lipinski definition) is 2. The van der Waals surface area contributed by atoms with Gasteiger partial charge in [0.05, 0.1) is 0 Å². The van der Waals surface area contributed by atoms with Crippen molar-refractivity contribution in [3.8, 4) is 0 Å². The summed E-state index contributed by atoms with van der Waals surface area (Å²) in [6.45, 7) is 9.33. The minimum atomic E-state index is 0.0756. The fraction of sp³-hybridized carbons (Fsp3) is 0.941. The van der Waals surface area contributed by atoms with Gasteiger partial charge in [-0.1, -0.05) is 26.2 Å². The number of unbranched alkanes of at least 4 members (excludes halogenated alkanes) is 1. The molecule has 0 atom stereocenters. The molecule has 1 heterocycles. The molecule has 0 radical (unpaired) electrons. The van der Waals surface area contributed by atoms with Gasteiger partial charge < -0.3 is 10.2 Å². The lowest BCUT2D eigenvalue weighted by molar-refractivity contribution is -0.139. The minimum Gasteiger partial charge on any atom is -0.339 e. The van der Waals surface area contributed by atoms with Gasteiger partial charge in [-0.25, -0.2) is 0 Å². The highest BCUT2D eigenvalue weighted by Gasteiger charge is 2.33. The highest BCUT2D eigenvalue weighted by atomic mass is 16.2. The van der Waals surface area contributed by atoms with Crippen molar-refractivity contribution in [2.45, 2.75) is 71.3 Å². The fourth-order valence-electron chi connectivity index (χ4n) is 3.78. The van der Waals surface area contributed by atoms with Crippen LogP contribution in [0.15, 0.2) is 0 Å². The molecule has 0 bridgehead atoms. The summed E-state index contributed by atoms with van der Waals surface area (Å²) >= 11 is 0. The first kappa shape index (κ1) is 15.8. The maximum atomic E-state index is 12.7. The van der Waals surface area contributed by atoms with E-state index in [9.17, 15) is 4.79 Å². The Bertz CT molecular complexity index is 319. The molecule has 0 aromatic rings. The van der Waals surface area contributed by atoms with E-state index in [0.29, 0.717) is 11.8 Å². The van der Waals surface area contributed by atoms with Crippen molar-refractivity contribution >= 4 is 5.91 Å². The second-order valence-corrected chi connectivity index (χ2v) is 7.43. The summed E-state index contributed by atoms with van der Waals surface area (Å²) in [5, 5.41) is 3.48. The number of amides is 1. The van der Waals surface area contributed by atoms with Crippen molar-refractivity contribution in [2.24, 2.45) is 11.8 Å². The van der Waals surface area contributed by atoms with Gasteiger partial charge in [-0.15, -0.1) is 0 Å². The third-order valence-corrected chi connectivity index (χ3v) is 5.05. The van der Waals surface area contributed by atoms with E-state index < -0.39 is 0 Å². The summed E-state index contributed by atoms with van der Waals surface area (Å²) in [7, 11) is 0. The SMILES string of the molecule is CCCCC1CCC(C(=O)N2CCNC(C)(C)C2)CC1. The van der Waals surface area contributed by atoms with E-state index in [4.69, 9.17) is 0 Å². The Kier molecular flexibility index (Phi) is 5.48. The number of nitrogens with zero attached hydrogens (tertiary/aromatic N) is 1. The topological polar surface area (TPSA) is 32.3 Å². The van der Waals surface area contributed by atoms with Crippen molar-refractivity contribution in [1.82, 2.24) is 10.2 Å². The molecule has 2 rings (SSSR count). The standard InChI is InChI=1S/C17H32N2O/c1-4-5-6-14-7-9-15(10-8-14)16(20)19-12-11-18-17(2,3)13-19/h14-15,18H,4-13H2,1-3H3. The van der Waals surface area contributed by atoms with Gasteiger partial charge in [0.1, 0.15) is 0 Å². The fourth-order valence-corrected chi connectivity index (χ4v) is 3.78. The Morgan fingerprint density at radius 1 is 1.25 bits per heavy atom. The first-order chi connectivity index (χ1) is 9.52. The zero-order valence-corrected chi connectivity index (χ0v) is 13.6. The van der Waals surface area contributed by atoms with Gasteiger partial charge in [0.15, 0.2) is 0 Å². The summed E-state index contributed by atoms with van der Waals surface area (Å²) in [5.41, 5.74) is 0.0756. The predicted octanol–water partition coefficient (Wildman–Crippen LogP) is 3.19. The lowest BCUT2D eigenvalue weighted by atomic mass is 9.79. The normalized spacial score (nSPS) is 30.2. The predicted molar refractivity (Wildman–Crippen MR) is 83.6 cm³/mol. The molecule has 116 valence electrons. The Balaban J connectivity index is 1.79. The van der Waals surface area contributed by atoms with Crippen LogP contribution in [0.2, 0.25) is 0 Å². The number of piperazine rings is 1. The first-order valence-electron chi connectivity index (χ1n) is 8.55. The zero-order valence-electron chi connectivity index (χ0n) is 13.6. The Hall–Kier alpha value is -0.570. The van der Waals surface area contributed by atoms with E-state index in [1.54, 1.807) is 0 Å². The van der Waals surface area contributed by atoms with Gasteiger partial charge in [0, 0.05) is 31.1 Å². The molecule has 2 aliphatic rings. The van der Waals surface area contributed by atoms with Crippen LogP contribution in [0, 0.1) is 11.8 Å². The van der Waals surface area contributed by atoms with E-state index in [2.05, 4.69) is 31.0 Å². The number of hydrogen-bond donors (Lipinski definition) is 1. The summed E-state index contributed by atoms with van der Waals surface area (Å²) in [4.78, 5) is 14.8. The van der Waals surface area contributed by atoms with Crippen LogP contribution in [-0.4, -0.2) is 36.0 Å². The molecule has 1 aliphatic carbocycles. The van der Waals surface area contributed by atoms with Gasteiger partial charge in [-0.2, -0.15) is 0 Å². The van der Waals surface area contributed by atoms with Crippen LogP contribution >= 0.6 is 0 Å². The number of nitrogens with one attached hydrogen (secondary N) is 1. The van der Waals surface area contributed by atoms with Crippen LogP contribution in [0.4, 0.5) is 0 Å². The zero-order chi connectivity index (χ0) is 14.6. The molecule has 0 unspecified atom stereocenters. The van der Waals surface area contributed by atoms with E-state index in [1.165, 1.54) is 32.1 Å². The lowest BCUT2D eigenvalue weighted by Crippen LogP contribution is -2.59. The van der Waals surface area contributed by atoms with Crippen LogP contribution in [0.25, 0.3) is 0 Å².